The molecule has 2 rings (SSSR count). The van der Waals surface area contributed by atoms with Crippen molar-refractivity contribution in [3.05, 3.63) is 24.0 Å². The van der Waals surface area contributed by atoms with Gasteiger partial charge in [0, 0.05) is 11.6 Å². The van der Waals surface area contributed by atoms with E-state index in [4.69, 9.17) is 23.8 Å². The van der Waals surface area contributed by atoms with Crippen molar-refractivity contribution in [3.63, 3.8) is 0 Å². The standard InChI is InChI=1S/C13H13NO6/c1-17-9-4-7(5-10(18-2)12(9)19-3)8-6-11(13(15)16)20-14-8/h4-6H,1-3H3,(H,15,16). The Morgan fingerprint density at radius 1 is 1.10 bits per heavy atom. The summed E-state index contributed by atoms with van der Waals surface area (Å²) < 4.78 is 20.4. The third-order valence-electron chi connectivity index (χ3n) is 2.68. The predicted octanol–water partition coefficient (Wildman–Crippen LogP) is 2.07. The fourth-order valence-corrected chi connectivity index (χ4v) is 1.74. The molecule has 0 fully saturated rings. The van der Waals surface area contributed by atoms with Gasteiger partial charge < -0.3 is 23.8 Å². The van der Waals surface area contributed by atoms with Gasteiger partial charge in [-0.25, -0.2) is 4.79 Å². The van der Waals surface area contributed by atoms with E-state index in [0.717, 1.165) is 0 Å². The zero-order valence-electron chi connectivity index (χ0n) is 11.2. The van der Waals surface area contributed by atoms with Gasteiger partial charge in [0.2, 0.25) is 11.5 Å². The third kappa shape index (κ3) is 2.37. The molecule has 0 unspecified atom stereocenters. The maximum Gasteiger partial charge on any atom is 0.374 e. The van der Waals surface area contributed by atoms with Gasteiger partial charge in [-0.05, 0) is 12.1 Å². The molecule has 0 aliphatic heterocycles. The van der Waals surface area contributed by atoms with Gasteiger partial charge >= 0.3 is 5.97 Å². The van der Waals surface area contributed by atoms with Gasteiger partial charge in [0.15, 0.2) is 11.5 Å². The van der Waals surface area contributed by atoms with Crippen LogP contribution in [0.25, 0.3) is 11.3 Å². The van der Waals surface area contributed by atoms with E-state index in [-0.39, 0.29) is 5.76 Å². The van der Waals surface area contributed by atoms with Crippen LogP contribution in [0.5, 0.6) is 17.2 Å². The molecule has 0 spiro atoms. The summed E-state index contributed by atoms with van der Waals surface area (Å²) in [5.74, 6) is -0.0888. The highest BCUT2D eigenvalue weighted by Crippen LogP contribution is 2.40. The molecule has 0 bridgehead atoms. The van der Waals surface area contributed by atoms with Crippen LogP contribution in [0.3, 0.4) is 0 Å². The Balaban J connectivity index is 2.53. The van der Waals surface area contributed by atoms with E-state index in [9.17, 15) is 4.79 Å². The summed E-state index contributed by atoms with van der Waals surface area (Å²) in [6.45, 7) is 0. The molecular formula is C13H13NO6. The number of benzene rings is 1. The number of ether oxygens (including phenoxy) is 3. The fraction of sp³-hybridized carbons (Fsp3) is 0.231. The number of methoxy groups -OCH3 is 3. The van der Waals surface area contributed by atoms with Crippen LogP contribution in [0.1, 0.15) is 10.6 Å². The van der Waals surface area contributed by atoms with Crippen molar-refractivity contribution in [1.82, 2.24) is 5.16 Å². The number of carboxylic acids is 1. The lowest BCUT2D eigenvalue weighted by atomic mass is 10.1. The number of carbonyl (C=O) groups is 1. The topological polar surface area (TPSA) is 91.0 Å². The molecule has 0 radical (unpaired) electrons. The van der Waals surface area contributed by atoms with Crippen LogP contribution in [0.4, 0.5) is 0 Å². The van der Waals surface area contributed by atoms with Gasteiger partial charge in [0.1, 0.15) is 5.69 Å². The molecule has 7 nitrogen and oxygen atoms in total. The van der Waals surface area contributed by atoms with E-state index in [1.165, 1.54) is 27.4 Å². The van der Waals surface area contributed by atoms with Crippen LogP contribution < -0.4 is 14.2 Å². The van der Waals surface area contributed by atoms with Gasteiger partial charge in [-0.3, -0.25) is 0 Å². The minimum absolute atomic E-state index is 0.242. The van der Waals surface area contributed by atoms with Crippen LogP contribution >= 0.6 is 0 Å². The van der Waals surface area contributed by atoms with Crippen molar-refractivity contribution in [2.45, 2.75) is 0 Å². The van der Waals surface area contributed by atoms with Gasteiger partial charge in [-0.1, -0.05) is 5.16 Å². The third-order valence-corrected chi connectivity index (χ3v) is 2.68. The highest BCUT2D eigenvalue weighted by Gasteiger charge is 2.17. The predicted molar refractivity (Wildman–Crippen MR) is 68.6 cm³/mol. The zero-order chi connectivity index (χ0) is 14.7. The van der Waals surface area contributed by atoms with Crippen molar-refractivity contribution in [3.8, 4) is 28.5 Å². The van der Waals surface area contributed by atoms with Gasteiger partial charge in [0.25, 0.3) is 0 Å². The molecule has 0 aliphatic carbocycles. The smallest absolute Gasteiger partial charge is 0.374 e. The summed E-state index contributed by atoms with van der Waals surface area (Å²) in [6, 6.07) is 4.64. The zero-order valence-corrected chi connectivity index (χ0v) is 11.2. The van der Waals surface area contributed by atoms with Gasteiger partial charge in [-0.2, -0.15) is 0 Å². The molecule has 1 heterocycles. The number of aromatic carboxylic acids is 1. The monoisotopic (exact) mass is 279 g/mol. The summed E-state index contributed by atoms with van der Waals surface area (Å²) in [7, 11) is 4.48. The Kier molecular flexibility index (Phi) is 3.79. The number of hydrogen-bond donors (Lipinski definition) is 1. The second-order valence-electron chi connectivity index (χ2n) is 3.80. The number of rotatable bonds is 5. The van der Waals surface area contributed by atoms with E-state index in [1.54, 1.807) is 12.1 Å². The van der Waals surface area contributed by atoms with E-state index in [0.29, 0.717) is 28.5 Å². The number of aromatic nitrogens is 1. The summed E-state index contributed by atoms with van der Waals surface area (Å²) in [5.41, 5.74) is 0.956. The average Bonchev–Trinajstić information content (AvgIpc) is 2.95. The maximum atomic E-state index is 10.8. The van der Waals surface area contributed by atoms with Crippen LogP contribution in [-0.4, -0.2) is 37.6 Å². The molecule has 106 valence electrons. The number of carboxylic acid groups (broad SMARTS) is 1. The molecule has 1 N–H and O–H groups in total. The number of nitrogens with zero attached hydrogens (tertiary/aromatic N) is 1. The molecule has 0 saturated heterocycles. The molecule has 0 aliphatic rings. The van der Waals surface area contributed by atoms with Crippen LogP contribution in [0.15, 0.2) is 22.7 Å². The molecular weight excluding hydrogens is 266 g/mol. The minimum Gasteiger partial charge on any atom is -0.493 e. The Labute approximate surface area is 114 Å². The SMILES string of the molecule is COc1cc(-c2cc(C(=O)O)on2)cc(OC)c1OC. The Morgan fingerprint density at radius 2 is 1.70 bits per heavy atom. The first-order valence-electron chi connectivity index (χ1n) is 5.61. The first-order chi connectivity index (χ1) is 9.60. The Bertz CT molecular complexity index is 609. The Morgan fingerprint density at radius 3 is 2.10 bits per heavy atom. The van der Waals surface area contributed by atoms with Crippen molar-refractivity contribution < 1.29 is 28.6 Å². The van der Waals surface area contributed by atoms with E-state index in [1.807, 2.05) is 0 Å². The highest BCUT2D eigenvalue weighted by atomic mass is 16.5. The summed E-state index contributed by atoms with van der Waals surface area (Å²) in [6.07, 6.45) is 0. The molecule has 2 aromatic rings. The summed E-state index contributed by atoms with van der Waals surface area (Å²) in [4.78, 5) is 10.8. The molecule has 1 aromatic carbocycles. The van der Waals surface area contributed by atoms with Crippen molar-refractivity contribution >= 4 is 5.97 Å². The normalized spacial score (nSPS) is 10.2. The lowest BCUT2D eigenvalue weighted by Crippen LogP contribution is -1.95. The van der Waals surface area contributed by atoms with Crippen molar-refractivity contribution in [2.75, 3.05) is 21.3 Å². The van der Waals surface area contributed by atoms with E-state index in [2.05, 4.69) is 5.16 Å². The van der Waals surface area contributed by atoms with Crippen LogP contribution in [0, 0.1) is 0 Å². The lowest BCUT2D eigenvalue weighted by Gasteiger charge is -2.13. The van der Waals surface area contributed by atoms with Crippen LogP contribution in [0.2, 0.25) is 0 Å². The summed E-state index contributed by atoms with van der Waals surface area (Å²) >= 11 is 0. The quantitative estimate of drug-likeness (QED) is 0.895. The van der Waals surface area contributed by atoms with E-state index < -0.39 is 5.97 Å². The maximum absolute atomic E-state index is 10.8. The molecule has 0 saturated carbocycles. The van der Waals surface area contributed by atoms with Gasteiger partial charge in [0.05, 0.1) is 21.3 Å². The molecule has 0 atom stereocenters. The average molecular weight is 279 g/mol. The second-order valence-corrected chi connectivity index (χ2v) is 3.80. The lowest BCUT2D eigenvalue weighted by molar-refractivity contribution is 0.0652. The highest BCUT2D eigenvalue weighted by molar-refractivity contribution is 5.86. The number of hydrogen-bond acceptors (Lipinski definition) is 6. The molecule has 1 aromatic heterocycles. The first kappa shape index (κ1) is 13.7. The molecule has 0 amide bonds. The second kappa shape index (κ2) is 5.52. The van der Waals surface area contributed by atoms with Crippen molar-refractivity contribution in [1.29, 1.82) is 0 Å². The molecule has 20 heavy (non-hydrogen) atoms. The first-order valence-corrected chi connectivity index (χ1v) is 5.61. The van der Waals surface area contributed by atoms with E-state index >= 15 is 0 Å². The fourth-order valence-electron chi connectivity index (χ4n) is 1.74. The Hall–Kier alpha value is -2.70. The minimum atomic E-state index is -1.18. The molecule has 7 heteroatoms. The van der Waals surface area contributed by atoms with Gasteiger partial charge in [-0.15, -0.1) is 0 Å². The summed E-state index contributed by atoms with van der Waals surface area (Å²) in [5, 5.41) is 12.5. The largest absolute Gasteiger partial charge is 0.493 e. The van der Waals surface area contributed by atoms with Crippen LogP contribution in [-0.2, 0) is 0 Å². The van der Waals surface area contributed by atoms with Crippen molar-refractivity contribution in [2.24, 2.45) is 0 Å².